The van der Waals surface area contributed by atoms with E-state index in [0.29, 0.717) is 12.1 Å². The quantitative estimate of drug-likeness (QED) is 0.553. The molecule has 1 saturated carbocycles. The first-order valence-electron chi connectivity index (χ1n) is 10.1. The van der Waals surface area contributed by atoms with Gasteiger partial charge in [-0.25, -0.2) is 0 Å². The largest absolute Gasteiger partial charge is 0.497 e. The molecule has 0 aromatic heterocycles. The van der Waals surface area contributed by atoms with Crippen molar-refractivity contribution >= 4 is 17.7 Å². The van der Waals surface area contributed by atoms with Crippen LogP contribution in [0.1, 0.15) is 43.7 Å². The molecule has 2 fully saturated rings. The van der Waals surface area contributed by atoms with E-state index < -0.39 is 0 Å². The normalized spacial score (nSPS) is 24.8. The van der Waals surface area contributed by atoms with Gasteiger partial charge in [0.05, 0.1) is 13.2 Å². The predicted molar refractivity (Wildman–Crippen MR) is 116 cm³/mol. The Morgan fingerprint density at radius 3 is 2.59 bits per heavy atom. The Balaban J connectivity index is 1.61. The van der Waals surface area contributed by atoms with Crippen LogP contribution in [0.15, 0.2) is 29.3 Å². The lowest BCUT2D eigenvalue weighted by Crippen LogP contribution is -2.45. The van der Waals surface area contributed by atoms with Gasteiger partial charge in [-0.3, -0.25) is 9.89 Å². The Morgan fingerprint density at radius 1 is 1.26 bits per heavy atom. The molecule has 2 aliphatic rings. The molecule has 0 radical (unpaired) electrons. The van der Waals surface area contributed by atoms with Gasteiger partial charge in [-0.15, -0.1) is 0 Å². The van der Waals surface area contributed by atoms with Crippen LogP contribution < -0.4 is 15.4 Å². The molecule has 3 unspecified atom stereocenters. The molecule has 3 rings (SSSR count). The molecule has 5 nitrogen and oxygen atoms in total. The smallest absolute Gasteiger partial charge is 0.191 e. The van der Waals surface area contributed by atoms with Gasteiger partial charge < -0.3 is 15.4 Å². The van der Waals surface area contributed by atoms with Crippen LogP contribution in [0.2, 0.25) is 0 Å². The maximum Gasteiger partial charge on any atom is 0.191 e. The zero-order valence-electron chi connectivity index (χ0n) is 16.9. The summed E-state index contributed by atoms with van der Waals surface area (Å²) in [4.78, 5) is 7.06. The minimum absolute atomic E-state index is 0.361. The van der Waals surface area contributed by atoms with Gasteiger partial charge in [0, 0.05) is 24.9 Å². The van der Waals surface area contributed by atoms with Gasteiger partial charge in [-0.2, -0.15) is 11.8 Å². The maximum absolute atomic E-state index is 5.32. The summed E-state index contributed by atoms with van der Waals surface area (Å²) in [5.74, 6) is 1.84. The van der Waals surface area contributed by atoms with Crippen molar-refractivity contribution in [1.82, 2.24) is 15.5 Å². The second kappa shape index (κ2) is 10.2. The molecule has 2 N–H and O–H groups in total. The minimum Gasteiger partial charge on any atom is -0.497 e. The molecule has 3 atom stereocenters. The lowest BCUT2D eigenvalue weighted by Gasteiger charge is -2.29. The zero-order chi connectivity index (χ0) is 19.1. The second-order valence-corrected chi connectivity index (χ2v) is 8.64. The van der Waals surface area contributed by atoms with Gasteiger partial charge in [-0.05, 0) is 69.1 Å². The number of guanidine groups is 1. The topological polar surface area (TPSA) is 48.9 Å². The van der Waals surface area contributed by atoms with Crippen LogP contribution in [-0.2, 0) is 0 Å². The standard InChI is InChI=1S/C21H34N4OS/c1-22-21(24-17-8-11-19(14-17)27-3)23-15-20(25-12-4-5-13-25)16-6-9-18(26-2)10-7-16/h6-7,9-10,17,19-20H,4-5,8,11-15H2,1-3H3,(H2,22,23,24). The molecule has 1 aliphatic heterocycles. The molecule has 27 heavy (non-hydrogen) atoms. The van der Waals surface area contributed by atoms with E-state index in [9.17, 15) is 0 Å². The van der Waals surface area contributed by atoms with Gasteiger partial charge in [0.1, 0.15) is 5.75 Å². The number of aliphatic imine (C=N–C) groups is 1. The van der Waals surface area contributed by atoms with Crippen molar-refractivity contribution in [2.24, 2.45) is 4.99 Å². The van der Waals surface area contributed by atoms with Gasteiger partial charge in [0.15, 0.2) is 5.96 Å². The summed E-state index contributed by atoms with van der Waals surface area (Å²) < 4.78 is 5.32. The van der Waals surface area contributed by atoms with E-state index in [2.05, 4.69) is 51.0 Å². The van der Waals surface area contributed by atoms with Crippen molar-refractivity contribution in [1.29, 1.82) is 0 Å². The Kier molecular flexibility index (Phi) is 7.70. The van der Waals surface area contributed by atoms with Crippen molar-refractivity contribution in [3.05, 3.63) is 29.8 Å². The fraction of sp³-hybridized carbons (Fsp3) is 0.667. The van der Waals surface area contributed by atoms with E-state index in [0.717, 1.165) is 23.5 Å². The van der Waals surface area contributed by atoms with E-state index >= 15 is 0 Å². The van der Waals surface area contributed by atoms with Crippen molar-refractivity contribution < 1.29 is 4.74 Å². The Bertz CT molecular complexity index is 601. The molecule has 1 aromatic rings. The highest BCUT2D eigenvalue weighted by Gasteiger charge is 2.26. The van der Waals surface area contributed by atoms with Crippen molar-refractivity contribution in [2.75, 3.05) is 40.0 Å². The molecule has 1 aromatic carbocycles. The number of benzene rings is 1. The summed E-state index contributed by atoms with van der Waals surface area (Å²) in [5.41, 5.74) is 1.34. The number of ether oxygens (including phenoxy) is 1. The molecular formula is C21H34N4OS. The van der Waals surface area contributed by atoms with Crippen molar-refractivity contribution in [2.45, 2.75) is 49.4 Å². The molecule has 1 heterocycles. The lowest BCUT2D eigenvalue weighted by atomic mass is 10.1. The number of rotatable bonds is 7. The van der Waals surface area contributed by atoms with Gasteiger partial charge in [-0.1, -0.05) is 12.1 Å². The number of nitrogens with zero attached hydrogens (tertiary/aromatic N) is 2. The average Bonchev–Trinajstić information content (AvgIpc) is 3.39. The highest BCUT2D eigenvalue weighted by molar-refractivity contribution is 7.99. The van der Waals surface area contributed by atoms with Crippen LogP contribution >= 0.6 is 11.8 Å². The Hall–Kier alpha value is -1.40. The van der Waals surface area contributed by atoms with Gasteiger partial charge >= 0.3 is 0 Å². The van der Waals surface area contributed by atoms with Gasteiger partial charge in [0.25, 0.3) is 0 Å². The summed E-state index contributed by atoms with van der Waals surface area (Å²) in [6.07, 6.45) is 8.57. The lowest BCUT2D eigenvalue weighted by molar-refractivity contribution is 0.245. The number of methoxy groups -OCH3 is 1. The van der Waals surface area contributed by atoms with Gasteiger partial charge in [0.2, 0.25) is 0 Å². The summed E-state index contributed by atoms with van der Waals surface area (Å²) in [6.45, 7) is 3.20. The third-order valence-corrected chi connectivity index (χ3v) is 6.92. The molecule has 6 heteroatoms. The molecule has 1 saturated heterocycles. The molecule has 1 aliphatic carbocycles. The number of thioether (sulfide) groups is 1. The molecule has 0 spiro atoms. The Morgan fingerprint density at radius 2 is 2.00 bits per heavy atom. The highest BCUT2D eigenvalue weighted by Crippen LogP contribution is 2.28. The SMILES string of the molecule is CN=C(NCC(c1ccc(OC)cc1)N1CCCC1)NC1CCC(SC)C1. The third kappa shape index (κ3) is 5.55. The average molecular weight is 391 g/mol. The molecular weight excluding hydrogens is 356 g/mol. The van der Waals surface area contributed by atoms with E-state index in [1.54, 1.807) is 7.11 Å². The molecule has 0 bridgehead atoms. The first-order chi connectivity index (χ1) is 13.2. The molecule has 0 amide bonds. The summed E-state index contributed by atoms with van der Waals surface area (Å²) in [6, 6.07) is 9.41. The van der Waals surface area contributed by atoms with E-state index in [1.807, 2.05) is 18.8 Å². The van der Waals surface area contributed by atoms with E-state index in [1.165, 1.54) is 50.8 Å². The first kappa shape index (κ1) is 20.3. The van der Waals surface area contributed by atoms with Crippen LogP contribution in [0, 0.1) is 0 Å². The van der Waals surface area contributed by atoms with E-state index in [-0.39, 0.29) is 0 Å². The maximum atomic E-state index is 5.32. The summed E-state index contributed by atoms with van der Waals surface area (Å²) >= 11 is 1.99. The fourth-order valence-electron chi connectivity index (χ4n) is 4.20. The monoisotopic (exact) mass is 390 g/mol. The van der Waals surface area contributed by atoms with Crippen molar-refractivity contribution in [3.8, 4) is 5.75 Å². The Labute approximate surface area is 168 Å². The third-order valence-electron chi connectivity index (χ3n) is 5.83. The van der Waals surface area contributed by atoms with Crippen LogP contribution in [0.3, 0.4) is 0 Å². The zero-order valence-corrected chi connectivity index (χ0v) is 17.7. The number of likely N-dealkylation sites (tertiary alicyclic amines) is 1. The number of hydrogen-bond acceptors (Lipinski definition) is 4. The van der Waals surface area contributed by atoms with Crippen LogP contribution in [0.4, 0.5) is 0 Å². The second-order valence-electron chi connectivity index (χ2n) is 7.50. The predicted octanol–water partition coefficient (Wildman–Crippen LogP) is 3.28. The fourth-order valence-corrected chi connectivity index (χ4v) is 5.00. The highest BCUT2D eigenvalue weighted by atomic mass is 32.2. The van der Waals surface area contributed by atoms with Crippen LogP contribution in [0.25, 0.3) is 0 Å². The minimum atomic E-state index is 0.361. The molecule has 150 valence electrons. The van der Waals surface area contributed by atoms with E-state index in [4.69, 9.17) is 4.74 Å². The number of hydrogen-bond donors (Lipinski definition) is 2. The van der Waals surface area contributed by atoms with Crippen LogP contribution in [-0.4, -0.2) is 62.2 Å². The summed E-state index contributed by atoms with van der Waals surface area (Å²) in [5, 5.41) is 8.01. The first-order valence-corrected chi connectivity index (χ1v) is 11.4. The number of nitrogens with one attached hydrogen (secondary N) is 2. The van der Waals surface area contributed by atoms with Crippen LogP contribution in [0.5, 0.6) is 5.75 Å². The summed E-state index contributed by atoms with van der Waals surface area (Å²) in [7, 11) is 3.59. The van der Waals surface area contributed by atoms with Crippen molar-refractivity contribution in [3.63, 3.8) is 0 Å².